The zero-order valence-corrected chi connectivity index (χ0v) is 8.31. The molecule has 13 heavy (non-hydrogen) atoms. The highest BCUT2D eigenvalue weighted by Crippen LogP contribution is 2.31. The largest absolute Gasteiger partial charge is 0.396 e. The minimum Gasteiger partial charge on any atom is -0.396 e. The quantitative estimate of drug-likeness (QED) is 0.459. The van der Waals surface area contributed by atoms with Crippen LogP contribution in [0.2, 0.25) is 0 Å². The molecular formula is C8H16O4S. The molecule has 0 spiro atoms. The third-order valence-corrected chi connectivity index (χ3v) is 3.71. The lowest BCUT2D eigenvalue weighted by atomic mass is 9.83. The van der Waals surface area contributed by atoms with E-state index < -0.39 is 18.3 Å². The molecule has 78 valence electrons. The number of hydrogen-bond acceptors (Lipinski definition) is 5. The van der Waals surface area contributed by atoms with Crippen molar-refractivity contribution in [2.75, 3.05) is 12.9 Å². The topological polar surface area (TPSA) is 80.9 Å². The SMILES string of the molecule is CSC1CC(CO)C(O)C(O)C1O. The maximum atomic E-state index is 9.51. The Kier molecular flexibility index (Phi) is 4.00. The van der Waals surface area contributed by atoms with E-state index in [0.29, 0.717) is 6.42 Å². The molecule has 1 fully saturated rings. The Balaban J connectivity index is 2.66. The highest BCUT2D eigenvalue weighted by Gasteiger charge is 2.41. The molecule has 0 aromatic carbocycles. The molecular weight excluding hydrogens is 192 g/mol. The first-order valence-corrected chi connectivity index (χ1v) is 5.58. The van der Waals surface area contributed by atoms with Crippen LogP contribution in [0.3, 0.4) is 0 Å². The molecule has 0 aromatic heterocycles. The van der Waals surface area contributed by atoms with Gasteiger partial charge in [0.1, 0.15) is 6.10 Å². The van der Waals surface area contributed by atoms with Crippen LogP contribution in [0, 0.1) is 5.92 Å². The van der Waals surface area contributed by atoms with Gasteiger partial charge in [-0.25, -0.2) is 0 Å². The van der Waals surface area contributed by atoms with E-state index in [0.717, 1.165) is 0 Å². The Morgan fingerprint density at radius 3 is 2.23 bits per heavy atom. The van der Waals surface area contributed by atoms with Crippen LogP contribution in [-0.4, -0.2) is 56.9 Å². The van der Waals surface area contributed by atoms with Gasteiger partial charge in [-0.15, -0.1) is 0 Å². The third-order valence-electron chi connectivity index (χ3n) is 2.64. The van der Waals surface area contributed by atoms with Crippen LogP contribution >= 0.6 is 11.8 Å². The highest BCUT2D eigenvalue weighted by molar-refractivity contribution is 7.99. The second kappa shape index (κ2) is 4.61. The molecule has 0 aromatic rings. The number of hydrogen-bond donors (Lipinski definition) is 4. The molecule has 5 heteroatoms. The normalized spacial score (nSPS) is 46.4. The number of aliphatic hydroxyl groups excluding tert-OH is 4. The molecule has 1 rings (SSSR count). The van der Waals surface area contributed by atoms with Gasteiger partial charge in [-0.2, -0.15) is 11.8 Å². The first-order chi connectivity index (χ1) is 6.11. The van der Waals surface area contributed by atoms with Gasteiger partial charge >= 0.3 is 0 Å². The molecule has 0 saturated heterocycles. The van der Waals surface area contributed by atoms with Crippen LogP contribution in [0.25, 0.3) is 0 Å². The molecule has 1 saturated carbocycles. The highest BCUT2D eigenvalue weighted by atomic mass is 32.2. The lowest BCUT2D eigenvalue weighted by molar-refractivity contribution is -0.114. The van der Waals surface area contributed by atoms with E-state index in [4.69, 9.17) is 5.11 Å². The summed E-state index contributed by atoms with van der Waals surface area (Å²) in [6.45, 7) is -0.151. The Morgan fingerprint density at radius 2 is 1.77 bits per heavy atom. The molecule has 5 unspecified atom stereocenters. The van der Waals surface area contributed by atoms with Crippen LogP contribution in [0.15, 0.2) is 0 Å². The molecule has 0 aliphatic heterocycles. The van der Waals surface area contributed by atoms with Gasteiger partial charge in [0, 0.05) is 17.8 Å². The predicted octanol–water partition coefficient (Wildman–Crippen LogP) is -1.19. The fourth-order valence-electron chi connectivity index (χ4n) is 1.70. The molecule has 0 heterocycles. The second-order valence-corrected chi connectivity index (χ2v) is 4.50. The van der Waals surface area contributed by atoms with Gasteiger partial charge in [0.2, 0.25) is 0 Å². The monoisotopic (exact) mass is 208 g/mol. The summed E-state index contributed by atoms with van der Waals surface area (Å²) in [5.74, 6) is -0.323. The number of aliphatic hydroxyl groups is 4. The summed E-state index contributed by atoms with van der Waals surface area (Å²) in [6, 6.07) is 0. The van der Waals surface area contributed by atoms with Gasteiger partial charge in [0.25, 0.3) is 0 Å². The van der Waals surface area contributed by atoms with Gasteiger partial charge in [0.05, 0.1) is 12.2 Å². The lowest BCUT2D eigenvalue weighted by Crippen LogP contribution is -2.53. The smallest absolute Gasteiger partial charge is 0.107 e. The Hall–Kier alpha value is 0.190. The van der Waals surface area contributed by atoms with E-state index in [1.54, 1.807) is 0 Å². The van der Waals surface area contributed by atoms with E-state index in [-0.39, 0.29) is 17.8 Å². The van der Waals surface area contributed by atoms with Crippen molar-refractivity contribution in [2.24, 2.45) is 5.92 Å². The minimum absolute atomic E-state index is 0.101. The number of rotatable bonds is 2. The molecule has 4 N–H and O–H groups in total. The van der Waals surface area contributed by atoms with Crippen molar-refractivity contribution in [1.82, 2.24) is 0 Å². The minimum atomic E-state index is -1.14. The van der Waals surface area contributed by atoms with Gasteiger partial charge in [-0.1, -0.05) is 0 Å². The molecule has 0 amide bonds. The summed E-state index contributed by atoms with van der Waals surface area (Å²) < 4.78 is 0. The van der Waals surface area contributed by atoms with Crippen LogP contribution in [0.5, 0.6) is 0 Å². The van der Waals surface area contributed by atoms with Crippen molar-refractivity contribution in [3.8, 4) is 0 Å². The van der Waals surface area contributed by atoms with Crippen molar-refractivity contribution in [1.29, 1.82) is 0 Å². The maximum Gasteiger partial charge on any atom is 0.107 e. The maximum absolute atomic E-state index is 9.51. The van der Waals surface area contributed by atoms with E-state index in [2.05, 4.69) is 0 Å². The van der Waals surface area contributed by atoms with E-state index in [9.17, 15) is 15.3 Å². The van der Waals surface area contributed by atoms with Crippen molar-refractivity contribution in [3.63, 3.8) is 0 Å². The van der Waals surface area contributed by atoms with Crippen LogP contribution in [0.4, 0.5) is 0 Å². The summed E-state index contributed by atoms with van der Waals surface area (Å²) in [4.78, 5) is 0. The van der Waals surface area contributed by atoms with Crippen LogP contribution in [0.1, 0.15) is 6.42 Å². The van der Waals surface area contributed by atoms with Crippen molar-refractivity contribution in [2.45, 2.75) is 30.0 Å². The standard InChI is InChI=1S/C8H16O4S/c1-13-5-2-4(3-9)6(10)8(12)7(5)11/h4-12H,2-3H2,1H3. The van der Waals surface area contributed by atoms with Gasteiger partial charge in [0.15, 0.2) is 0 Å². The molecule has 0 bridgehead atoms. The summed E-state index contributed by atoms with van der Waals surface area (Å²) >= 11 is 1.45. The van der Waals surface area contributed by atoms with Gasteiger partial charge < -0.3 is 20.4 Å². The number of thioether (sulfide) groups is 1. The fourth-order valence-corrected chi connectivity index (χ4v) is 2.58. The fraction of sp³-hybridized carbons (Fsp3) is 1.00. The Labute approximate surface area is 81.6 Å². The zero-order valence-electron chi connectivity index (χ0n) is 7.50. The van der Waals surface area contributed by atoms with E-state index in [1.165, 1.54) is 11.8 Å². The lowest BCUT2D eigenvalue weighted by Gasteiger charge is -2.39. The summed E-state index contributed by atoms with van der Waals surface area (Å²) in [6.07, 6.45) is -0.663. The summed E-state index contributed by atoms with van der Waals surface area (Å²) in [7, 11) is 0. The molecule has 4 nitrogen and oxygen atoms in total. The van der Waals surface area contributed by atoms with Gasteiger partial charge in [-0.05, 0) is 12.7 Å². The third kappa shape index (κ3) is 2.16. The molecule has 5 atom stereocenters. The average molecular weight is 208 g/mol. The zero-order chi connectivity index (χ0) is 10.0. The van der Waals surface area contributed by atoms with Crippen molar-refractivity contribution in [3.05, 3.63) is 0 Å². The molecule has 1 aliphatic carbocycles. The first-order valence-electron chi connectivity index (χ1n) is 4.29. The van der Waals surface area contributed by atoms with Crippen molar-refractivity contribution < 1.29 is 20.4 Å². The Morgan fingerprint density at radius 1 is 1.15 bits per heavy atom. The summed E-state index contributed by atoms with van der Waals surface area (Å²) in [5.41, 5.74) is 0. The second-order valence-electron chi connectivity index (χ2n) is 3.42. The van der Waals surface area contributed by atoms with E-state index in [1.807, 2.05) is 6.26 Å². The van der Waals surface area contributed by atoms with Crippen LogP contribution < -0.4 is 0 Å². The van der Waals surface area contributed by atoms with Gasteiger partial charge in [-0.3, -0.25) is 0 Å². The van der Waals surface area contributed by atoms with E-state index >= 15 is 0 Å². The van der Waals surface area contributed by atoms with Crippen molar-refractivity contribution >= 4 is 11.8 Å². The molecule has 0 radical (unpaired) electrons. The average Bonchev–Trinajstić information content (AvgIpc) is 2.15. The molecule has 1 aliphatic rings. The summed E-state index contributed by atoms with van der Waals surface area (Å²) in [5, 5.41) is 37.2. The first kappa shape index (κ1) is 11.3. The Bertz CT molecular complexity index is 146. The van der Waals surface area contributed by atoms with Crippen LogP contribution in [-0.2, 0) is 0 Å². The predicted molar refractivity (Wildman–Crippen MR) is 50.5 cm³/mol.